The van der Waals surface area contributed by atoms with Gasteiger partial charge < -0.3 is 62.1 Å². The minimum atomic E-state index is -0.391. The number of halogens is 4. The van der Waals surface area contributed by atoms with Crippen LogP contribution in [0.2, 0.25) is 20.1 Å². The number of piperidine rings is 2. The normalized spacial score (nSPS) is 13.1. The molecule has 4 saturated heterocycles. The fraction of sp³-hybridized carbons (Fsp3) is 0.216. The lowest BCUT2D eigenvalue weighted by Crippen LogP contribution is -2.35. The number of aromatic nitrogens is 4. The van der Waals surface area contributed by atoms with Gasteiger partial charge in [-0.25, -0.2) is 19.9 Å². The molecule has 0 atom stereocenters. The van der Waals surface area contributed by atoms with E-state index < -0.39 is 11.8 Å². The predicted molar refractivity (Wildman–Crippen MR) is 531 cm³/mol. The van der Waals surface area contributed by atoms with Crippen molar-refractivity contribution in [2.75, 3.05) is 94.9 Å². The van der Waals surface area contributed by atoms with Crippen molar-refractivity contribution in [1.29, 1.82) is 21.6 Å². The first-order valence-electron chi connectivity index (χ1n) is 43.8. The number of anilines is 8. The zero-order valence-electron chi connectivity index (χ0n) is 74.2. The lowest BCUT2D eigenvalue weighted by Gasteiger charge is -2.29. The van der Waals surface area contributed by atoms with Crippen molar-refractivity contribution >= 4 is 163 Å². The van der Waals surface area contributed by atoms with Crippen LogP contribution in [0.5, 0.6) is 0 Å². The molecule has 28 nitrogen and oxygen atoms in total. The van der Waals surface area contributed by atoms with Crippen LogP contribution in [0.1, 0.15) is 192 Å². The summed E-state index contributed by atoms with van der Waals surface area (Å²) in [7, 11) is 0. The van der Waals surface area contributed by atoms with E-state index in [1.165, 1.54) is 37.6 Å². The van der Waals surface area contributed by atoms with Gasteiger partial charge in [-0.1, -0.05) is 141 Å². The van der Waals surface area contributed by atoms with Crippen molar-refractivity contribution in [2.24, 2.45) is 0 Å². The third-order valence-electron chi connectivity index (χ3n) is 22.4. The summed E-state index contributed by atoms with van der Waals surface area (Å²) in [5.41, 5.74) is 11.3. The average molecular weight is 1880 g/mol. The molecule has 4 aromatic heterocycles. The van der Waals surface area contributed by atoms with Crippen LogP contribution in [0.3, 0.4) is 0 Å². The number of amidine groups is 4. The number of aryl methyl sites for hydroxylation is 4. The number of rotatable bonds is 20. The molecule has 16 rings (SSSR count). The number of nitrogens with zero attached hydrogens (tertiary/aromatic N) is 8. The van der Waals surface area contributed by atoms with Gasteiger partial charge in [-0.05, 0) is 237 Å². The van der Waals surface area contributed by atoms with E-state index in [1.54, 1.807) is 194 Å². The van der Waals surface area contributed by atoms with Crippen molar-refractivity contribution in [3.63, 3.8) is 0 Å². The summed E-state index contributed by atoms with van der Waals surface area (Å²) in [4.78, 5) is 128. The number of amides is 8. The third-order valence-corrected chi connectivity index (χ3v) is 23.3. The molecule has 32 heteroatoms. The monoisotopic (exact) mass is 1870 g/mol. The summed E-state index contributed by atoms with van der Waals surface area (Å²) in [6, 6.07) is 61.8. The van der Waals surface area contributed by atoms with Crippen LogP contribution < -0.4 is 42.5 Å². The van der Waals surface area contributed by atoms with E-state index in [0.29, 0.717) is 134 Å². The molecule has 0 spiro atoms. The number of likely N-dealkylation sites (tertiary alicyclic amines) is 4. The molecule has 4 fully saturated rings. The van der Waals surface area contributed by atoms with Crippen LogP contribution >= 0.6 is 46.4 Å². The first-order chi connectivity index (χ1) is 64.6. The van der Waals surface area contributed by atoms with Crippen molar-refractivity contribution in [3.05, 3.63) is 352 Å². The molecule has 684 valence electrons. The molecule has 4 aliphatic rings. The fourth-order valence-electron chi connectivity index (χ4n) is 15.1. The van der Waals surface area contributed by atoms with Gasteiger partial charge in [0, 0.05) is 122 Å². The molecule has 12 N–H and O–H groups in total. The molecule has 12 aromatic rings. The zero-order chi connectivity index (χ0) is 94.9. The van der Waals surface area contributed by atoms with E-state index in [-0.39, 0.29) is 35.4 Å². The first kappa shape index (κ1) is 96.7. The SMILES string of the molecule is Cc1ccc(NC(=O)c2ccc(C(=N)N3CCCC3)cc2)c(C(=O)Nc2ccc(Cl)cn2)c1.Cc1ccc(NC(=O)c2ccc(C(=N)N3CCCC3)cc2)c(C(=O)Nc2ccc(Cl)cn2)c1.Cc1ccc(NC(=O)c2ccc(C(=N)N3CCCCC3)cc2)c(C(=O)Nc2ccc(Cl)cn2)c1.Cc1ccc(NC(=O)c2ccc(C(=N)N3CCCCC3)cc2)c(C(=O)Nc2ccc(Cl)cn2)c1. The molecule has 0 bridgehead atoms. The highest BCUT2D eigenvalue weighted by Gasteiger charge is 2.26. The van der Waals surface area contributed by atoms with Crippen LogP contribution in [-0.2, 0) is 0 Å². The Morgan fingerprint density at radius 2 is 0.410 bits per heavy atom. The number of pyridine rings is 4. The highest BCUT2D eigenvalue weighted by atomic mass is 35.5. The van der Waals surface area contributed by atoms with Crippen LogP contribution in [0.15, 0.2) is 243 Å². The average Bonchev–Trinajstić information content (AvgIpc) is 0.875. The zero-order valence-corrected chi connectivity index (χ0v) is 77.2. The second-order valence-electron chi connectivity index (χ2n) is 32.5. The van der Waals surface area contributed by atoms with Gasteiger partial charge in [-0.3, -0.25) is 60.0 Å². The molecular weight excluding hydrogens is 1780 g/mol. The molecule has 8 heterocycles. The summed E-state index contributed by atoms with van der Waals surface area (Å²) in [6.45, 7) is 14.6. The smallest absolute Gasteiger partial charge is 0.258 e. The largest absolute Gasteiger partial charge is 0.357 e. The highest BCUT2D eigenvalue weighted by molar-refractivity contribution is 6.31. The molecule has 0 aliphatic carbocycles. The molecule has 8 aromatic carbocycles. The molecule has 8 amide bonds. The molecule has 4 aliphatic heterocycles. The lowest BCUT2D eigenvalue weighted by atomic mass is 10.1. The number of benzene rings is 8. The van der Waals surface area contributed by atoms with Gasteiger partial charge in [0.1, 0.15) is 46.6 Å². The molecule has 134 heavy (non-hydrogen) atoms. The van der Waals surface area contributed by atoms with E-state index in [0.717, 1.165) is 148 Å². The Bertz CT molecular complexity index is 5930. The van der Waals surface area contributed by atoms with Crippen LogP contribution in [0.4, 0.5) is 46.0 Å². The second kappa shape index (κ2) is 46.3. The number of hydrogen-bond acceptors (Lipinski definition) is 16. The second-order valence-corrected chi connectivity index (χ2v) is 34.2. The van der Waals surface area contributed by atoms with Gasteiger partial charge in [0.25, 0.3) is 47.3 Å². The predicted octanol–water partition coefficient (Wildman–Crippen LogP) is 20.7. The quantitative estimate of drug-likeness (QED) is 0.0249. The Hall–Kier alpha value is -14.8. The standard InChI is InChI=1S/2C26H26ClN5O2.2C25H24ClN5O2/c2*1-17-5-11-22(21(15-17)26(34)31-23-12-10-20(27)16-29-23)30-25(33)19-8-6-18(7-9-19)24(28)32-13-3-2-4-14-32;2*1-16-4-10-21(20(14-16)25(33)30-22-11-9-19(26)15-28-22)29-24(32)18-7-5-17(6-8-18)23(27)31-12-2-3-13-31/h2*5-12,15-16,28H,2-4,13-14H2,1H3,(H,30,33)(H,29,31,34);2*4-11,14-15,27H,2-3,12-13H2,1H3,(H,29,32)(H,28,30,33). The van der Waals surface area contributed by atoms with Crippen molar-refractivity contribution in [1.82, 2.24) is 39.5 Å². The summed E-state index contributed by atoms with van der Waals surface area (Å²) in [5, 5.41) is 57.7. The number of nitrogens with one attached hydrogen (secondary N) is 12. The topological polar surface area (TPSA) is 393 Å². The summed E-state index contributed by atoms with van der Waals surface area (Å²) >= 11 is 23.4. The van der Waals surface area contributed by atoms with E-state index in [4.69, 9.17) is 68.0 Å². The van der Waals surface area contributed by atoms with Crippen molar-refractivity contribution < 1.29 is 38.4 Å². The number of carbonyl (C=O) groups is 8. The third kappa shape index (κ3) is 26.7. The van der Waals surface area contributed by atoms with Gasteiger partial charge in [0.05, 0.1) is 65.1 Å². The van der Waals surface area contributed by atoms with Crippen LogP contribution in [0, 0.1) is 49.3 Å². The maximum absolute atomic E-state index is 12.9. The Kier molecular flexibility index (Phi) is 33.4. The Labute approximate surface area is 796 Å². The van der Waals surface area contributed by atoms with E-state index in [1.807, 2.05) is 61.8 Å². The van der Waals surface area contributed by atoms with E-state index >= 15 is 0 Å². The summed E-state index contributed by atoms with van der Waals surface area (Å²) < 4.78 is 0. The molecule has 0 radical (unpaired) electrons. The lowest BCUT2D eigenvalue weighted by molar-refractivity contribution is 0.101. The van der Waals surface area contributed by atoms with Gasteiger partial charge >= 0.3 is 0 Å². The Balaban J connectivity index is 0.000000152. The van der Waals surface area contributed by atoms with Gasteiger partial charge in [0.15, 0.2) is 0 Å². The summed E-state index contributed by atoms with van der Waals surface area (Å²) in [6.07, 6.45) is 17.0. The maximum atomic E-state index is 12.9. The van der Waals surface area contributed by atoms with Crippen molar-refractivity contribution in [2.45, 2.75) is 91.9 Å². The van der Waals surface area contributed by atoms with Gasteiger partial charge in [0.2, 0.25) is 0 Å². The maximum Gasteiger partial charge on any atom is 0.258 e. The molecule has 0 unspecified atom stereocenters. The fourth-order valence-corrected chi connectivity index (χ4v) is 15.5. The van der Waals surface area contributed by atoms with Gasteiger partial charge in [-0.15, -0.1) is 0 Å². The molecular formula is C102H100Cl4N20O8. The summed E-state index contributed by atoms with van der Waals surface area (Å²) in [5.74, 6) is 0.471. The van der Waals surface area contributed by atoms with Crippen LogP contribution in [-0.4, -0.2) is 162 Å². The van der Waals surface area contributed by atoms with Crippen molar-refractivity contribution in [3.8, 4) is 0 Å². The van der Waals surface area contributed by atoms with E-state index in [2.05, 4.69) is 72.3 Å². The van der Waals surface area contributed by atoms with E-state index in [9.17, 15) is 38.4 Å². The minimum absolute atomic E-state index is 0.326. The Morgan fingerprint density at radius 1 is 0.231 bits per heavy atom. The Morgan fingerprint density at radius 3 is 0.590 bits per heavy atom. The van der Waals surface area contributed by atoms with Gasteiger partial charge in [-0.2, -0.15) is 0 Å². The van der Waals surface area contributed by atoms with Crippen LogP contribution in [0.25, 0.3) is 0 Å². The highest BCUT2D eigenvalue weighted by Crippen LogP contribution is 2.29. The number of carbonyl (C=O) groups excluding carboxylic acids is 8. The number of hydrogen-bond donors (Lipinski definition) is 12. The minimum Gasteiger partial charge on any atom is -0.357 e. The first-order valence-corrected chi connectivity index (χ1v) is 45.3. The molecule has 0 saturated carbocycles.